The highest BCUT2D eigenvalue weighted by Gasteiger charge is 2.18. The second-order valence-corrected chi connectivity index (χ2v) is 7.40. The highest BCUT2D eigenvalue weighted by atomic mass is 32.1. The summed E-state index contributed by atoms with van der Waals surface area (Å²) in [5.74, 6) is 1.77. The molecule has 1 aromatic heterocycles. The summed E-state index contributed by atoms with van der Waals surface area (Å²) >= 11 is 1.47. The van der Waals surface area contributed by atoms with Crippen molar-refractivity contribution in [2.24, 2.45) is 10.9 Å². The third kappa shape index (κ3) is 6.51. The first-order valence-electron chi connectivity index (χ1n) is 9.05. The van der Waals surface area contributed by atoms with Crippen molar-refractivity contribution in [1.29, 1.82) is 0 Å². The molecule has 0 saturated heterocycles. The van der Waals surface area contributed by atoms with Gasteiger partial charge in [-0.3, -0.25) is 9.79 Å². The van der Waals surface area contributed by atoms with Crippen LogP contribution in [0.4, 0.5) is 0 Å². The van der Waals surface area contributed by atoms with Crippen LogP contribution >= 0.6 is 11.3 Å². The van der Waals surface area contributed by atoms with Gasteiger partial charge in [0.05, 0.1) is 4.88 Å². The first-order chi connectivity index (χ1) is 11.7. The van der Waals surface area contributed by atoms with Crippen molar-refractivity contribution in [1.82, 2.24) is 16.0 Å². The van der Waals surface area contributed by atoms with Gasteiger partial charge in [-0.05, 0) is 56.4 Å². The molecule has 3 N–H and O–H groups in total. The Kier molecular flexibility index (Phi) is 8.08. The number of aliphatic imine (C=N–C) groups is 1. The number of guanidine groups is 1. The molecule has 0 atom stereocenters. The summed E-state index contributed by atoms with van der Waals surface area (Å²) in [7, 11) is 0. The van der Waals surface area contributed by atoms with Gasteiger partial charge in [0.2, 0.25) is 0 Å². The van der Waals surface area contributed by atoms with Gasteiger partial charge in [0.1, 0.15) is 0 Å². The summed E-state index contributed by atoms with van der Waals surface area (Å²) < 4.78 is 0. The van der Waals surface area contributed by atoms with Crippen molar-refractivity contribution < 1.29 is 4.79 Å². The van der Waals surface area contributed by atoms with Crippen molar-refractivity contribution in [2.75, 3.05) is 19.6 Å². The van der Waals surface area contributed by atoms with E-state index in [1.165, 1.54) is 37.0 Å². The maximum absolute atomic E-state index is 11.8. The molecule has 5 nitrogen and oxygen atoms in total. The largest absolute Gasteiger partial charge is 0.357 e. The number of thiophene rings is 1. The molecule has 6 heteroatoms. The van der Waals surface area contributed by atoms with E-state index in [2.05, 4.69) is 34.8 Å². The van der Waals surface area contributed by atoms with E-state index in [1.54, 1.807) is 0 Å². The number of nitrogens with one attached hydrogen (secondary N) is 3. The molecule has 0 unspecified atom stereocenters. The van der Waals surface area contributed by atoms with Crippen LogP contribution in [-0.2, 0) is 0 Å². The van der Waals surface area contributed by atoms with Gasteiger partial charge in [0, 0.05) is 25.7 Å². The molecule has 1 fully saturated rings. The third-order valence-corrected chi connectivity index (χ3v) is 5.20. The van der Waals surface area contributed by atoms with Gasteiger partial charge >= 0.3 is 0 Å². The zero-order valence-electron chi connectivity index (χ0n) is 14.8. The molecule has 0 spiro atoms. The third-order valence-electron chi connectivity index (χ3n) is 4.34. The quantitative estimate of drug-likeness (QED) is 0.402. The molecule has 1 aliphatic rings. The molecule has 1 aromatic rings. The van der Waals surface area contributed by atoms with E-state index in [0.717, 1.165) is 29.7 Å². The maximum Gasteiger partial charge on any atom is 0.261 e. The van der Waals surface area contributed by atoms with Gasteiger partial charge in [-0.2, -0.15) is 0 Å². The van der Waals surface area contributed by atoms with Crippen LogP contribution in [0.25, 0.3) is 0 Å². The zero-order valence-corrected chi connectivity index (χ0v) is 15.6. The fourth-order valence-electron chi connectivity index (χ4n) is 2.88. The van der Waals surface area contributed by atoms with E-state index in [-0.39, 0.29) is 5.91 Å². The predicted molar refractivity (Wildman–Crippen MR) is 102 cm³/mol. The van der Waals surface area contributed by atoms with E-state index < -0.39 is 0 Å². The molecular formula is C18H30N4OS. The summed E-state index contributed by atoms with van der Waals surface area (Å²) in [6, 6.07) is 4.28. The molecule has 0 radical (unpaired) electrons. The average Bonchev–Trinajstić information content (AvgIpc) is 3.11. The number of rotatable bonds is 7. The van der Waals surface area contributed by atoms with Crippen molar-refractivity contribution in [3.8, 4) is 0 Å². The highest BCUT2D eigenvalue weighted by molar-refractivity contribution is 7.12. The van der Waals surface area contributed by atoms with E-state index in [4.69, 9.17) is 0 Å². The first kappa shape index (κ1) is 18.8. The zero-order chi connectivity index (χ0) is 17.2. The lowest BCUT2D eigenvalue weighted by atomic mass is 9.87. The number of carbonyl (C=O) groups excluding carboxylic acids is 1. The van der Waals surface area contributed by atoms with Gasteiger partial charge in [-0.25, -0.2) is 0 Å². The monoisotopic (exact) mass is 350 g/mol. The molecule has 0 aliphatic heterocycles. The van der Waals surface area contributed by atoms with E-state index in [9.17, 15) is 4.79 Å². The Labute approximate surface area is 149 Å². The Hall–Kier alpha value is -1.56. The van der Waals surface area contributed by atoms with Crippen molar-refractivity contribution in [3.05, 3.63) is 22.4 Å². The number of amides is 1. The molecule has 2 rings (SSSR count). The number of nitrogens with zero attached hydrogens (tertiary/aromatic N) is 1. The number of carbonyl (C=O) groups is 1. The van der Waals surface area contributed by atoms with Crippen LogP contribution in [0.15, 0.2) is 22.5 Å². The van der Waals surface area contributed by atoms with Crippen LogP contribution in [0.5, 0.6) is 0 Å². The van der Waals surface area contributed by atoms with Crippen LogP contribution in [-0.4, -0.2) is 37.5 Å². The number of hydrogen-bond donors (Lipinski definition) is 3. The lowest BCUT2D eigenvalue weighted by Crippen LogP contribution is -2.44. The summed E-state index contributed by atoms with van der Waals surface area (Å²) in [5.41, 5.74) is 0. The topological polar surface area (TPSA) is 65.5 Å². The molecule has 0 bridgehead atoms. The lowest BCUT2D eigenvalue weighted by molar-refractivity contribution is 0.0957. The lowest BCUT2D eigenvalue weighted by Gasteiger charge is -2.28. The predicted octanol–water partition coefficient (Wildman–Crippen LogP) is 3.00. The highest BCUT2D eigenvalue weighted by Crippen LogP contribution is 2.23. The average molecular weight is 351 g/mol. The smallest absolute Gasteiger partial charge is 0.261 e. The molecule has 1 heterocycles. The summed E-state index contributed by atoms with van der Waals surface area (Å²) in [4.78, 5) is 17.2. The fraction of sp³-hybridized carbons (Fsp3) is 0.667. The number of hydrogen-bond acceptors (Lipinski definition) is 3. The van der Waals surface area contributed by atoms with E-state index in [1.807, 2.05) is 17.5 Å². The minimum absolute atomic E-state index is 0.00957. The van der Waals surface area contributed by atoms with Crippen molar-refractivity contribution >= 4 is 23.2 Å². The van der Waals surface area contributed by atoms with E-state index in [0.29, 0.717) is 19.1 Å². The van der Waals surface area contributed by atoms with Gasteiger partial charge in [-0.15, -0.1) is 11.3 Å². The molecule has 24 heavy (non-hydrogen) atoms. The van der Waals surface area contributed by atoms with E-state index >= 15 is 0 Å². The Morgan fingerprint density at radius 2 is 2.08 bits per heavy atom. The Morgan fingerprint density at radius 3 is 2.75 bits per heavy atom. The van der Waals surface area contributed by atoms with Gasteiger partial charge < -0.3 is 16.0 Å². The van der Waals surface area contributed by atoms with Gasteiger partial charge in [0.25, 0.3) is 5.91 Å². The second-order valence-electron chi connectivity index (χ2n) is 6.45. The van der Waals surface area contributed by atoms with Crippen LogP contribution in [0.1, 0.15) is 55.6 Å². The maximum atomic E-state index is 11.8. The summed E-state index contributed by atoms with van der Waals surface area (Å²) in [6.45, 7) is 6.65. The summed E-state index contributed by atoms with van der Waals surface area (Å²) in [6.07, 6.45) is 5.89. The van der Waals surface area contributed by atoms with Gasteiger partial charge in [-0.1, -0.05) is 13.0 Å². The normalized spacial score (nSPS) is 21.3. The SMILES string of the molecule is CCNC(=NCCCNC(=O)c1cccs1)NC1CCC(C)CC1. The minimum atomic E-state index is 0.00957. The van der Waals surface area contributed by atoms with Crippen molar-refractivity contribution in [2.45, 2.75) is 52.0 Å². The van der Waals surface area contributed by atoms with Gasteiger partial charge in [0.15, 0.2) is 5.96 Å². The molecule has 134 valence electrons. The molecule has 0 aromatic carbocycles. The first-order valence-corrected chi connectivity index (χ1v) is 9.93. The molecular weight excluding hydrogens is 320 g/mol. The molecule has 1 amide bonds. The van der Waals surface area contributed by atoms with Crippen LogP contribution in [0, 0.1) is 5.92 Å². The van der Waals surface area contributed by atoms with Crippen molar-refractivity contribution in [3.63, 3.8) is 0 Å². The fourth-order valence-corrected chi connectivity index (χ4v) is 3.52. The Bertz CT molecular complexity index is 507. The van der Waals surface area contributed by atoms with Crippen LogP contribution in [0.3, 0.4) is 0 Å². The Morgan fingerprint density at radius 1 is 1.29 bits per heavy atom. The molecule has 1 aliphatic carbocycles. The second kappa shape index (κ2) is 10.3. The van der Waals surface area contributed by atoms with Crippen LogP contribution < -0.4 is 16.0 Å². The van der Waals surface area contributed by atoms with Crippen LogP contribution in [0.2, 0.25) is 0 Å². The Balaban J connectivity index is 1.67. The molecule has 1 saturated carbocycles. The summed E-state index contributed by atoms with van der Waals surface area (Å²) in [5, 5.41) is 11.7. The standard InChI is InChI=1S/C18H30N4OS/c1-3-19-18(22-15-9-7-14(2)8-10-15)21-12-5-11-20-17(23)16-6-4-13-24-16/h4,6,13-15H,3,5,7-12H2,1-2H3,(H,20,23)(H2,19,21,22). The minimum Gasteiger partial charge on any atom is -0.357 e.